The molecule has 1 aliphatic heterocycles. The number of halogens is 3. The molecule has 0 aromatic carbocycles. The number of carbonyl (C=O) groups is 1. The SMILES string of the molecule is O=C(O)C1CN(c2cc(C(F)(F)F)nc(-c3ccncc3)n2)C1. The molecule has 2 aromatic heterocycles. The van der Waals surface area contributed by atoms with Crippen molar-refractivity contribution in [3.05, 3.63) is 36.3 Å². The number of alkyl halides is 3. The first kappa shape index (κ1) is 15.2. The number of carboxylic acids is 1. The largest absolute Gasteiger partial charge is 0.481 e. The van der Waals surface area contributed by atoms with Crippen LogP contribution in [0.3, 0.4) is 0 Å². The highest BCUT2D eigenvalue weighted by Crippen LogP contribution is 2.33. The van der Waals surface area contributed by atoms with Gasteiger partial charge in [-0.15, -0.1) is 0 Å². The van der Waals surface area contributed by atoms with Crippen LogP contribution in [0.15, 0.2) is 30.6 Å². The molecule has 0 unspecified atom stereocenters. The van der Waals surface area contributed by atoms with E-state index in [1.54, 1.807) is 0 Å². The lowest BCUT2D eigenvalue weighted by Gasteiger charge is -2.37. The Kier molecular flexibility index (Phi) is 3.63. The van der Waals surface area contributed by atoms with Crippen LogP contribution in [0.25, 0.3) is 11.4 Å². The van der Waals surface area contributed by atoms with Crippen LogP contribution < -0.4 is 4.90 Å². The molecule has 120 valence electrons. The van der Waals surface area contributed by atoms with Gasteiger partial charge in [0.1, 0.15) is 5.82 Å². The topological polar surface area (TPSA) is 79.2 Å². The van der Waals surface area contributed by atoms with Crippen molar-refractivity contribution in [2.45, 2.75) is 6.18 Å². The van der Waals surface area contributed by atoms with E-state index in [-0.39, 0.29) is 24.7 Å². The third kappa shape index (κ3) is 3.08. The van der Waals surface area contributed by atoms with Crippen molar-refractivity contribution < 1.29 is 23.1 Å². The molecule has 1 saturated heterocycles. The molecule has 0 saturated carbocycles. The summed E-state index contributed by atoms with van der Waals surface area (Å²) in [6.45, 7) is 0.249. The van der Waals surface area contributed by atoms with E-state index in [1.165, 1.54) is 29.4 Å². The Bertz CT molecular complexity index is 731. The summed E-state index contributed by atoms with van der Waals surface area (Å²) in [7, 11) is 0. The fourth-order valence-corrected chi connectivity index (χ4v) is 2.19. The van der Waals surface area contributed by atoms with Gasteiger partial charge in [0.25, 0.3) is 0 Å². The molecule has 6 nitrogen and oxygen atoms in total. The Labute approximate surface area is 128 Å². The maximum Gasteiger partial charge on any atom is 0.433 e. The minimum absolute atomic E-state index is 0.0663. The summed E-state index contributed by atoms with van der Waals surface area (Å²) in [4.78, 5) is 23.8. The van der Waals surface area contributed by atoms with E-state index in [4.69, 9.17) is 5.11 Å². The molecule has 3 heterocycles. The van der Waals surface area contributed by atoms with Gasteiger partial charge in [-0.1, -0.05) is 0 Å². The number of nitrogens with zero attached hydrogens (tertiary/aromatic N) is 4. The van der Waals surface area contributed by atoms with E-state index in [0.717, 1.165) is 6.07 Å². The van der Waals surface area contributed by atoms with Gasteiger partial charge in [0.05, 0.1) is 5.92 Å². The number of anilines is 1. The summed E-state index contributed by atoms with van der Waals surface area (Å²) in [6.07, 6.45) is -1.75. The van der Waals surface area contributed by atoms with E-state index in [1.807, 2.05) is 0 Å². The smallest absolute Gasteiger partial charge is 0.433 e. The van der Waals surface area contributed by atoms with Crippen molar-refractivity contribution in [2.75, 3.05) is 18.0 Å². The number of hydrogen-bond donors (Lipinski definition) is 1. The average Bonchev–Trinajstić information content (AvgIpc) is 2.45. The molecule has 0 bridgehead atoms. The molecule has 0 spiro atoms. The zero-order valence-corrected chi connectivity index (χ0v) is 11.7. The molecule has 9 heteroatoms. The summed E-state index contributed by atoms with van der Waals surface area (Å²) in [5.74, 6) is -1.57. The molecular weight excluding hydrogens is 313 g/mol. The first-order chi connectivity index (χ1) is 10.8. The third-order valence-corrected chi connectivity index (χ3v) is 3.50. The first-order valence-corrected chi connectivity index (χ1v) is 6.69. The third-order valence-electron chi connectivity index (χ3n) is 3.50. The van der Waals surface area contributed by atoms with Crippen LogP contribution in [-0.4, -0.2) is 39.1 Å². The summed E-state index contributed by atoms with van der Waals surface area (Å²) >= 11 is 0. The molecule has 1 fully saturated rings. The van der Waals surface area contributed by atoms with E-state index in [2.05, 4.69) is 15.0 Å². The fourth-order valence-electron chi connectivity index (χ4n) is 2.19. The van der Waals surface area contributed by atoms with E-state index in [0.29, 0.717) is 5.56 Å². The first-order valence-electron chi connectivity index (χ1n) is 6.69. The molecule has 2 aromatic rings. The second kappa shape index (κ2) is 5.49. The lowest BCUT2D eigenvalue weighted by molar-refractivity contribution is -0.143. The van der Waals surface area contributed by atoms with Crippen LogP contribution in [0.1, 0.15) is 5.69 Å². The Balaban J connectivity index is 1.98. The number of rotatable bonds is 3. The monoisotopic (exact) mass is 324 g/mol. The van der Waals surface area contributed by atoms with Gasteiger partial charge in [-0.3, -0.25) is 9.78 Å². The Morgan fingerprint density at radius 3 is 2.43 bits per heavy atom. The summed E-state index contributed by atoms with van der Waals surface area (Å²) in [5.41, 5.74) is -0.657. The Morgan fingerprint density at radius 1 is 1.22 bits per heavy atom. The lowest BCUT2D eigenvalue weighted by Crippen LogP contribution is -2.51. The zero-order valence-electron chi connectivity index (χ0n) is 11.7. The molecule has 23 heavy (non-hydrogen) atoms. The molecule has 1 aliphatic rings. The van der Waals surface area contributed by atoms with E-state index in [9.17, 15) is 18.0 Å². The molecule has 0 amide bonds. The number of pyridine rings is 1. The molecule has 0 aliphatic carbocycles. The van der Waals surface area contributed by atoms with E-state index >= 15 is 0 Å². The van der Waals surface area contributed by atoms with Gasteiger partial charge in [0.2, 0.25) is 0 Å². The predicted molar refractivity (Wildman–Crippen MR) is 73.6 cm³/mol. The van der Waals surface area contributed by atoms with Gasteiger partial charge in [0.15, 0.2) is 11.5 Å². The van der Waals surface area contributed by atoms with Gasteiger partial charge in [-0.25, -0.2) is 9.97 Å². The van der Waals surface area contributed by atoms with Gasteiger partial charge >= 0.3 is 12.1 Å². The van der Waals surface area contributed by atoms with Gasteiger partial charge < -0.3 is 10.0 Å². The Morgan fingerprint density at radius 2 is 1.87 bits per heavy atom. The quantitative estimate of drug-likeness (QED) is 0.931. The molecule has 0 atom stereocenters. The summed E-state index contributed by atoms with van der Waals surface area (Å²) in [5, 5.41) is 8.87. The van der Waals surface area contributed by atoms with Crippen LogP contribution in [0.4, 0.5) is 19.0 Å². The van der Waals surface area contributed by atoms with Crippen LogP contribution in [0, 0.1) is 5.92 Å². The molecule has 0 radical (unpaired) electrons. The van der Waals surface area contributed by atoms with Crippen LogP contribution in [-0.2, 0) is 11.0 Å². The second-order valence-electron chi connectivity index (χ2n) is 5.11. The van der Waals surface area contributed by atoms with Crippen molar-refractivity contribution in [3.8, 4) is 11.4 Å². The summed E-state index contributed by atoms with van der Waals surface area (Å²) in [6, 6.07) is 3.85. The lowest BCUT2D eigenvalue weighted by atomic mass is 10.0. The summed E-state index contributed by atoms with van der Waals surface area (Å²) < 4.78 is 39.1. The predicted octanol–water partition coefficient (Wildman–Crippen LogP) is 2.08. The van der Waals surface area contributed by atoms with Crippen molar-refractivity contribution in [3.63, 3.8) is 0 Å². The van der Waals surface area contributed by atoms with Crippen molar-refractivity contribution in [1.82, 2.24) is 15.0 Å². The zero-order chi connectivity index (χ0) is 16.6. The van der Waals surface area contributed by atoms with E-state index < -0.39 is 23.8 Å². The number of aliphatic carboxylic acids is 1. The van der Waals surface area contributed by atoms with Crippen LogP contribution in [0.5, 0.6) is 0 Å². The highest BCUT2D eigenvalue weighted by molar-refractivity contribution is 5.74. The van der Waals surface area contributed by atoms with Gasteiger partial charge in [0, 0.05) is 37.1 Å². The number of aromatic nitrogens is 3. The highest BCUT2D eigenvalue weighted by Gasteiger charge is 2.37. The fraction of sp³-hybridized carbons (Fsp3) is 0.286. The molecule has 3 rings (SSSR count). The minimum Gasteiger partial charge on any atom is -0.481 e. The van der Waals surface area contributed by atoms with Crippen LogP contribution >= 0.6 is 0 Å². The highest BCUT2D eigenvalue weighted by atomic mass is 19.4. The maximum atomic E-state index is 13.0. The standard InChI is InChI=1S/C14H11F3N4O2/c15-14(16,17)10-5-11(21-6-9(7-21)13(22)23)20-12(19-10)8-1-3-18-4-2-8/h1-5,9H,6-7H2,(H,22,23). The molecule has 1 N–H and O–H groups in total. The van der Waals surface area contributed by atoms with Crippen molar-refractivity contribution >= 4 is 11.8 Å². The van der Waals surface area contributed by atoms with Crippen molar-refractivity contribution in [2.24, 2.45) is 5.92 Å². The average molecular weight is 324 g/mol. The Hall–Kier alpha value is -2.71. The number of hydrogen-bond acceptors (Lipinski definition) is 5. The van der Waals surface area contributed by atoms with Crippen LogP contribution in [0.2, 0.25) is 0 Å². The maximum absolute atomic E-state index is 13.0. The second-order valence-corrected chi connectivity index (χ2v) is 5.11. The van der Waals surface area contributed by atoms with Gasteiger partial charge in [-0.05, 0) is 12.1 Å². The molecular formula is C14H11F3N4O2. The van der Waals surface area contributed by atoms with Gasteiger partial charge in [-0.2, -0.15) is 13.2 Å². The number of carboxylic acid groups (broad SMARTS) is 1. The van der Waals surface area contributed by atoms with Crippen molar-refractivity contribution in [1.29, 1.82) is 0 Å². The minimum atomic E-state index is -4.61. The normalized spacial score (nSPS) is 15.3.